The first kappa shape index (κ1) is 18.6. The van der Waals surface area contributed by atoms with Gasteiger partial charge in [0.2, 0.25) is 0 Å². The second-order valence-corrected chi connectivity index (χ2v) is 6.29. The van der Waals surface area contributed by atoms with Crippen LogP contribution in [0.5, 0.6) is 0 Å². The highest BCUT2D eigenvalue weighted by atomic mass is 16.5. The number of carbonyl (C=O) groups is 3. The van der Waals surface area contributed by atoms with Crippen LogP contribution < -0.4 is 16.4 Å². The Balaban J connectivity index is 1.57. The molecule has 0 saturated heterocycles. The smallest absolute Gasteiger partial charge is 0.409 e. The number of Topliss-reactive ketones (excluding diaryl/α,β-unsaturated/α-hetero) is 1. The van der Waals surface area contributed by atoms with Gasteiger partial charge in [0, 0.05) is 12.0 Å². The Labute approximate surface area is 156 Å². The van der Waals surface area contributed by atoms with Crippen molar-refractivity contribution in [1.82, 2.24) is 5.32 Å². The number of nitrogens with two attached hydrogens (primary N) is 1. The summed E-state index contributed by atoms with van der Waals surface area (Å²) in [7, 11) is 0. The number of aryl methyl sites for hydroxylation is 1. The van der Waals surface area contributed by atoms with E-state index in [1.54, 1.807) is 12.1 Å². The Morgan fingerprint density at radius 2 is 1.85 bits per heavy atom. The molecule has 0 saturated carbocycles. The van der Waals surface area contributed by atoms with E-state index in [0.29, 0.717) is 17.7 Å². The first-order chi connectivity index (χ1) is 13.0. The average Bonchev–Trinajstić information content (AvgIpc) is 2.67. The molecule has 4 N–H and O–H groups in total. The highest BCUT2D eigenvalue weighted by Crippen LogP contribution is 2.27. The van der Waals surface area contributed by atoms with Gasteiger partial charge in [-0.1, -0.05) is 42.5 Å². The fraction of sp³-hybridized carbons (Fsp3) is 0.250. The molecular formula is C20H21N3O4. The number of alkyl carbamates (subject to hydrolysis) is 1. The number of anilines is 1. The van der Waals surface area contributed by atoms with Gasteiger partial charge in [-0.3, -0.25) is 14.9 Å². The predicted molar refractivity (Wildman–Crippen MR) is 100 cm³/mol. The number of carbonyl (C=O) groups excluding carboxylic acids is 3. The van der Waals surface area contributed by atoms with Crippen molar-refractivity contribution in [1.29, 1.82) is 0 Å². The topological polar surface area (TPSA) is 111 Å². The van der Waals surface area contributed by atoms with Crippen LogP contribution in [0, 0.1) is 0 Å². The van der Waals surface area contributed by atoms with Crippen molar-refractivity contribution < 1.29 is 19.1 Å². The van der Waals surface area contributed by atoms with Crippen molar-refractivity contribution >= 4 is 23.5 Å². The van der Waals surface area contributed by atoms with Crippen molar-refractivity contribution in [3.05, 3.63) is 65.2 Å². The van der Waals surface area contributed by atoms with Crippen LogP contribution in [0.2, 0.25) is 0 Å². The fourth-order valence-corrected chi connectivity index (χ4v) is 2.97. The number of fused-ring (bicyclic) bond motifs is 1. The minimum absolute atomic E-state index is 0.00375. The molecule has 1 aliphatic carbocycles. The van der Waals surface area contributed by atoms with Crippen LogP contribution in [0.3, 0.4) is 0 Å². The SMILES string of the molecule is NC(NC(=O)OCc1ccccc1)C(=O)Nc1cccc2c1C(=O)CCC2. The lowest BCUT2D eigenvalue weighted by molar-refractivity contribution is -0.118. The molecule has 0 spiro atoms. The van der Waals surface area contributed by atoms with E-state index in [1.165, 1.54) is 0 Å². The highest BCUT2D eigenvalue weighted by Gasteiger charge is 2.23. The third kappa shape index (κ3) is 4.71. The maximum atomic E-state index is 12.3. The first-order valence-corrected chi connectivity index (χ1v) is 8.73. The second-order valence-electron chi connectivity index (χ2n) is 6.29. The van der Waals surface area contributed by atoms with Crippen molar-refractivity contribution in [2.24, 2.45) is 5.73 Å². The number of amides is 2. The van der Waals surface area contributed by atoms with E-state index >= 15 is 0 Å². The van der Waals surface area contributed by atoms with Crippen LogP contribution in [0.15, 0.2) is 48.5 Å². The van der Waals surface area contributed by atoms with Crippen LogP contribution in [0.1, 0.15) is 34.3 Å². The monoisotopic (exact) mass is 367 g/mol. The van der Waals surface area contributed by atoms with Crippen LogP contribution in [0.25, 0.3) is 0 Å². The van der Waals surface area contributed by atoms with Gasteiger partial charge < -0.3 is 15.8 Å². The largest absolute Gasteiger partial charge is 0.445 e. The Hall–Kier alpha value is -3.19. The van der Waals surface area contributed by atoms with E-state index < -0.39 is 18.2 Å². The molecule has 3 rings (SSSR count). The lowest BCUT2D eigenvalue weighted by atomic mass is 9.89. The molecule has 140 valence electrons. The van der Waals surface area contributed by atoms with Crippen LogP contribution >= 0.6 is 0 Å². The van der Waals surface area contributed by atoms with E-state index in [4.69, 9.17) is 10.5 Å². The molecule has 27 heavy (non-hydrogen) atoms. The third-order valence-electron chi connectivity index (χ3n) is 4.31. The first-order valence-electron chi connectivity index (χ1n) is 8.73. The molecule has 0 bridgehead atoms. The summed E-state index contributed by atoms with van der Waals surface area (Å²) in [6, 6.07) is 14.5. The molecule has 2 amide bonds. The number of rotatable bonds is 5. The van der Waals surface area contributed by atoms with E-state index in [0.717, 1.165) is 24.0 Å². The number of hydrogen-bond acceptors (Lipinski definition) is 5. The molecule has 7 nitrogen and oxygen atoms in total. The normalized spacial score (nSPS) is 14.0. The van der Waals surface area contributed by atoms with Crippen molar-refractivity contribution in [3.63, 3.8) is 0 Å². The lowest BCUT2D eigenvalue weighted by Gasteiger charge is -2.20. The Bertz CT molecular complexity index is 852. The number of hydrogen-bond donors (Lipinski definition) is 3. The maximum absolute atomic E-state index is 12.3. The van der Waals surface area contributed by atoms with Gasteiger partial charge in [-0.15, -0.1) is 0 Å². The Kier molecular flexibility index (Phi) is 5.83. The van der Waals surface area contributed by atoms with Gasteiger partial charge in [-0.25, -0.2) is 4.79 Å². The molecule has 1 unspecified atom stereocenters. The lowest BCUT2D eigenvalue weighted by Crippen LogP contribution is -2.50. The van der Waals surface area contributed by atoms with Gasteiger partial charge in [-0.2, -0.15) is 0 Å². The van der Waals surface area contributed by atoms with Gasteiger partial charge in [-0.05, 0) is 30.0 Å². The summed E-state index contributed by atoms with van der Waals surface area (Å²) < 4.78 is 5.04. The second kappa shape index (κ2) is 8.46. The van der Waals surface area contributed by atoms with E-state index in [2.05, 4.69) is 10.6 Å². The number of ketones is 1. The molecule has 0 radical (unpaired) electrons. The fourth-order valence-electron chi connectivity index (χ4n) is 2.97. The van der Waals surface area contributed by atoms with Gasteiger partial charge >= 0.3 is 6.09 Å². The molecule has 0 heterocycles. The summed E-state index contributed by atoms with van der Waals surface area (Å²) in [6.45, 7) is 0.0711. The Morgan fingerprint density at radius 1 is 1.07 bits per heavy atom. The molecule has 1 aliphatic rings. The molecule has 7 heteroatoms. The van der Waals surface area contributed by atoms with E-state index in [9.17, 15) is 14.4 Å². The van der Waals surface area contributed by atoms with Crippen LogP contribution in [-0.2, 0) is 22.6 Å². The zero-order valence-electron chi connectivity index (χ0n) is 14.7. The standard InChI is InChI=1S/C20H21N3O4/c21-18(23-20(26)27-12-13-6-2-1-3-7-13)19(25)22-15-10-4-8-14-9-5-11-16(24)17(14)15/h1-4,6-8,10,18H,5,9,11-12,21H2,(H,22,25)(H,23,26). The quantitative estimate of drug-likeness (QED) is 0.703. The number of nitrogens with one attached hydrogen (secondary N) is 2. The summed E-state index contributed by atoms with van der Waals surface area (Å²) in [5.74, 6) is -0.630. The summed E-state index contributed by atoms with van der Waals surface area (Å²) in [5, 5.41) is 4.91. The third-order valence-corrected chi connectivity index (χ3v) is 4.31. The minimum Gasteiger partial charge on any atom is -0.445 e. The molecule has 0 aliphatic heterocycles. The van der Waals surface area contributed by atoms with Gasteiger partial charge in [0.05, 0.1) is 5.69 Å². The summed E-state index contributed by atoms with van der Waals surface area (Å²) in [6.07, 6.45) is -0.0513. The number of ether oxygens (including phenoxy) is 1. The molecule has 1 atom stereocenters. The predicted octanol–water partition coefficient (Wildman–Crippen LogP) is 2.36. The molecule has 2 aromatic carbocycles. The highest BCUT2D eigenvalue weighted by molar-refractivity contribution is 6.07. The molecule has 0 fully saturated rings. The molecular weight excluding hydrogens is 346 g/mol. The van der Waals surface area contributed by atoms with E-state index in [-0.39, 0.29) is 12.4 Å². The molecule has 2 aromatic rings. The summed E-state index contributed by atoms with van der Waals surface area (Å²) in [5.41, 5.74) is 8.40. The van der Waals surface area contributed by atoms with Gasteiger partial charge in [0.1, 0.15) is 6.61 Å². The Morgan fingerprint density at radius 3 is 2.63 bits per heavy atom. The maximum Gasteiger partial charge on any atom is 0.409 e. The van der Waals surface area contributed by atoms with Gasteiger partial charge in [0.25, 0.3) is 5.91 Å². The zero-order chi connectivity index (χ0) is 19.2. The summed E-state index contributed by atoms with van der Waals surface area (Å²) >= 11 is 0. The minimum atomic E-state index is -1.30. The summed E-state index contributed by atoms with van der Waals surface area (Å²) in [4.78, 5) is 36.3. The van der Waals surface area contributed by atoms with Crippen LogP contribution in [-0.4, -0.2) is 23.9 Å². The van der Waals surface area contributed by atoms with Crippen LogP contribution in [0.4, 0.5) is 10.5 Å². The molecule has 0 aromatic heterocycles. The van der Waals surface area contributed by atoms with Crippen molar-refractivity contribution in [3.8, 4) is 0 Å². The van der Waals surface area contributed by atoms with Crippen molar-refractivity contribution in [2.75, 3.05) is 5.32 Å². The zero-order valence-corrected chi connectivity index (χ0v) is 14.7. The van der Waals surface area contributed by atoms with Crippen molar-refractivity contribution in [2.45, 2.75) is 32.0 Å². The van der Waals surface area contributed by atoms with Gasteiger partial charge in [0.15, 0.2) is 11.9 Å². The number of benzene rings is 2. The van der Waals surface area contributed by atoms with E-state index in [1.807, 2.05) is 36.4 Å². The average molecular weight is 367 g/mol.